The van der Waals surface area contributed by atoms with Crippen molar-refractivity contribution in [3.8, 4) is 0 Å². The second kappa shape index (κ2) is 3.56. The highest BCUT2D eigenvalue weighted by Gasteiger charge is 2.12. The first-order chi connectivity index (χ1) is 5.20. The van der Waals surface area contributed by atoms with E-state index in [0.29, 0.717) is 5.92 Å². The highest BCUT2D eigenvalue weighted by molar-refractivity contribution is 5.77. The molecule has 1 rings (SSSR count). The predicted octanol–water partition coefficient (Wildman–Crippen LogP) is 1.94. The molecule has 0 N–H and O–H groups in total. The molecular formula is C9H15NO. The topological polar surface area (TPSA) is 26.1 Å². The van der Waals surface area contributed by atoms with Crippen LogP contribution in [-0.2, 0) is 0 Å². The van der Waals surface area contributed by atoms with E-state index in [1.807, 2.05) is 6.92 Å². The van der Waals surface area contributed by atoms with Crippen molar-refractivity contribution in [3.63, 3.8) is 0 Å². The quantitative estimate of drug-likeness (QED) is 0.196. The van der Waals surface area contributed by atoms with Crippen LogP contribution >= 0.6 is 0 Å². The summed E-state index contributed by atoms with van der Waals surface area (Å²) in [6.07, 6.45) is 7.73. The van der Waals surface area contributed by atoms with Crippen molar-refractivity contribution in [2.24, 2.45) is 5.92 Å². The van der Waals surface area contributed by atoms with Crippen LogP contribution in [-0.4, -0.2) is 17.5 Å². The summed E-state index contributed by atoms with van der Waals surface area (Å²) in [6.45, 7) is 1.90. The van der Waals surface area contributed by atoms with Crippen LogP contribution in [0.3, 0.4) is 0 Å². The third kappa shape index (κ3) is 2.37. The van der Waals surface area contributed by atoms with Crippen molar-refractivity contribution in [2.45, 2.75) is 26.2 Å². The van der Waals surface area contributed by atoms with Gasteiger partial charge >= 0.3 is 0 Å². The molecule has 0 heterocycles. The third-order valence-corrected chi connectivity index (χ3v) is 2.21. The van der Waals surface area contributed by atoms with Gasteiger partial charge in [-0.25, -0.2) is 4.74 Å². The molecule has 0 radical (unpaired) electrons. The zero-order valence-corrected chi connectivity index (χ0v) is 7.21. The fourth-order valence-electron chi connectivity index (χ4n) is 1.37. The SMILES string of the molecule is C/C(CC1C=CCC1)=[N+](/C)[O-]. The monoisotopic (exact) mass is 153 g/mol. The highest BCUT2D eigenvalue weighted by Crippen LogP contribution is 2.20. The molecule has 2 heteroatoms. The molecule has 0 aromatic carbocycles. The van der Waals surface area contributed by atoms with E-state index in [2.05, 4.69) is 12.2 Å². The first-order valence-corrected chi connectivity index (χ1v) is 4.10. The summed E-state index contributed by atoms with van der Waals surface area (Å²) < 4.78 is 0.964. The molecule has 11 heavy (non-hydrogen) atoms. The Morgan fingerprint density at radius 2 is 2.45 bits per heavy atom. The smallest absolute Gasteiger partial charge is 0.160 e. The van der Waals surface area contributed by atoms with Crippen molar-refractivity contribution in [2.75, 3.05) is 7.05 Å². The van der Waals surface area contributed by atoms with Gasteiger partial charge in [0.2, 0.25) is 0 Å². The van der Waals surface area contributed by atoms with E-state index in [1.165, 1.54) is 12.8 Å². The number of nitrogens with zero attached hydrogens (tertiary/aromatic N) is 1. The van der Waals surface area contributed by atoms with Gasteiger partial charge in [-0.15, -0.1) is 0 Å². The fraction of sp³-hybridized carbons (Fsp3) is 0.667. The van der Waals surface area contributed by atoms with Gasteiger partial charge in [-0.1, -0.05) is 12.2 Å². The maximum Gasteiger partial charge on any atom is 0.160 e. The number of allylic oxidation sites excluding steroid dienone is 2. The lowest BCUT2D eigenvalue weighted by Crippen LogP contribution is -2.11. The minimum atomic E-state index is 0.617. The molecule has 1 atom stereocenters. The summed E-state index contributed by atoms with van der Waals surface area (Å²) in [5, 5.41) is 10.8. The number of hydrogen-bond acceptors (Lipinski definition) is 1. The van der Waals surface area contributed by atoms with E-state index in [0.717, 1.165) is 16.9 Å². The van der Waals surface area contributed by atoms with E-state index in [1.54, 1.807) is 7.05 Å². The van der Waals surface area contributed by atoms with Gasteiger partial charge in [0.1, 0.15) is 7.05 Å². The Balaban J connectivity index is 2.42. The van der Waals surface area contributed by atoms with Gasteiger partial charge in [0, 0.05) is 13.3 Å². The van der Waals surface area contributed by atoms with Crippen molar-refractivity contribution in [1.82, 2.24) is 0 Å². The second-order valence-corrected chi connectivity index (χ2v) is 3.20. The van der Waals surface area contributed by atoms with Gasteiger partial charge in [-0.3, -0.25) is 0 Å². The molecule has 1 aliphatic carbocycles. The normalized spacial score (nSPS) is 25.5. The lowest BCUT2D eigenvalue weighted by Gasteiger charge is -2.06. The number of hydrogen-bond donors (Lipinski definition) is 0. The van der Waals surface area contributed by atoms with Crippen LogP contribution < -0.4 is 0 Å². The Kier molecular flexibility index (Phi) is 2.69. The first kappa shape index (κ1) is 8.31. The number of rotatable bonds is 2. The molecule has 1 aliphatic rings. The zero-order valence-electron chi connectivity index (χ0n) is 7.21. The lowest BCUT2D eigenvalue weighted by molar-refractivity contribution is -0.424. The Hall–Kier alpha value is -0.790. The van der Waals surface area contributed by atoms with E-state index in [9.17, 15) is 5.21 Å². The Bertz CT molecular complexity index is 190. The van der Waals surface area contributed by atoms with Crippen molar-refractivity contribution >= 4 is 5.71 Å². The average Bonchev–Trinajstić information content (AvgIpc) is 2.39. The largest absolute Gasteiger partial charge is 0.624 e. The summed E-state index contributed by atoms with van der Waals surface area (Å²) in [5.41, 5.74) is 0.932. The predicted molar refractivity (Wildman–Crippen MR) is 46.7 cm³/mol. The maximum atomic E-state index is 10.8. The summed E-state index contributed by atoms with van der Waals surface area (Å²) in [7, 11) is 1.56. The summed E-state index contributed by atoms with van der Waals surface area (Å²) in [4.78, 5) is 0. The molecule has 0 saturated heterocycles. The molecule has 2 nitrogen and oxygen atoms in total. The van der Waals surface area contributed by atoms with Crippen LogP contribution in [0.5, 0.6) is 0 Å². The molecule has 0 aromatic rings. The Morgan fingerprint density at radius 1 is 1.73 bits per heavy atom. The number of hydroxylamine groups is 1. The van der Waals surface area contributed by atoms with Gasteiger partial charge in [0.05, 0.1) is 0 Å². The highest BCUT2D eigenvalue weighted by atomic mass is 16.5. The zero-order chi connectivity index (χ0) is 8.27. The van der Waals surface area contributed by atoms with Crippen molar-refractivity contribution in [1.29, 1.82) is 0 Å². The third-order valence-electron chi connectivity index (χ3n) is 2.21. The average molecular weight is 153 g/mol. The van der Waals surface area contributed by atoms with E-state index >= 15 is 0 Å². The fourth-order valence-corrected chi connectivity index (χ4v) is 1.37. The maximum absolute atomic E-state index is 10.8. The van der Waals surface area contributed by atoms with Gasteiger partial charge < -0.3 is 5.21 Å². The van der Waals surface area contributed by atoms with Crippen molar-refractivity contribution < 1.29 is 4.74 Å². The Morgan fingerprint density at radius 3 is 2.91 bits per heavy atom. The molecule has 0 fully saturated rings. The molecule has 0 bridgehead atoms. The van der Waals surface area contributed by atoms with E-state index < -0.39 is 0 Å². The standard InChI is InChI=1S/C9H15NO/c1-8(10(2)11)7-9-5-3-4-6-9/h3,5,9H,4,6-7H2,1-2H3/b10-8+. The van der Waals surface area contributed by atoms with E-state index in [-0.39, 0.29) is 0 Å². The van der Waals surface area contributed by atoms with Crippen LogP contribution in [0.25, 0.3) is 0 Å². The Labute approximate surface area is 67.8 Å². The molecule has 0 aromatic heterocycles. The second-order valence-electron chi connectivity index (χ2n) is 3.20. The summed E-state index contributed by atoms with van der Waals surface area (Å²) in [6, 6.07) is 0. The minimum absolute atomic E-state index is 0.617. The lowest BCUT2D eigenvalue weighted by atomic mass is 10.0. The van der Waals surface area contributed by atoms with Crippen LogP contribution in [0.4, 0.5) is 0 Å². The van der Waals surface area contributed by atoms with E-state index in [4.69, 9.17) is 0 Å². The van der Waals surface area contributed by atoms with Crippen molar-refractivity contribution in [3.05, 3.63) is 17.4 Å². The molecule has 62 valence electrons. The van der Waals surface area contributed by atoms with Crippen LogP contribution in [0.15, 0.2) is 12.2 Å². The van der Waals surface area contributed by atoms with Crippen LogP contribution in [0, 0.1) is 11.1 Å². The first-order valence-electron chi connectivity index (χ1n) is 4.10. The molecule has 0 amide bonds. The molecule has 1 unspecified atom stereocenters. The summed E-state index contributed by atoms with van der Waals surface area (Å²) in [5.74, 6) is 0.617. The minimum Gasteiger partial charge on any atom is -0.624 e. The van der Waals surface area contributed by atoms with Gasteiger partial charge in [-0.05, 0) is 18.8 Å². The van der Waals surface area contributed by atoms with Gasteiger partial charge in [0.25, 0.3) is 0 Å². The molecule has 0 saturated carbocycles. The van der Waals surface area contributed by atoms with Gasteiger partial charge in [0.15, 0.2) is 5.71 Å². The van der Waals surface area contributed by atoms with Crippen LogP contribution in [0.1, 0.15) is 26.2 Å². The van der Waals surface area contributed by atoms with Crippen LogP contribution in [0.2, 0.25) is 0 Å². The molecule has 0 aliphatic heterocycles. The molecular weight excluding hydrogens is 138 g/mol. The van der Waals surface area contributed by atoms with Gasteiger partial charge in [-0.2, -0.15) is 0 Å². The molecule has 0 spiro atoms. The summed E-state index contributed by atoms with van der Waals surface area (Å²) >= 11 is 0.